The summed E-state index contributed by atoms with van der Waals surface area (Å²) in [4.78, 5) is 0. The van der Waals surface area contributed by atoms with Gasteiger partial charge >= 0.3 is 0 Å². The van der Waals surface area contributed by atoms with Gasteiger partial charge < -0.3 is 5.11 Å². The number of aliphatic hydroxyl groups is 1. The lowest BCUT2D eigenvalue weighted by molar-refractivity contribution is 0.330. The van der Waals surface area contributed by atoms with Crippen LogP contribution in [0.15, 0.2) is 23.8 Å². The van der Waals surface area contributed by atoms with Crippen LogP contribution >= 0.6 is 0 Å². The SMILES string of the molecule is C/C=C/[C@@H](C)/C=C(\C)CO. The number of hydrogen-bond donors (Lipinski definition) is 1. The van der Waals surface area contributed by atoms with E-state index in [9.17, 15) is 0 Å². The van der Waals surface area contributed by atoms with Crippen LogP contribution in [0.2, 0.25) is 0 Å². The monoisotopic (exact) mass is 140 g/mol. The highest BCUT2D eigenvalue weighted by atomic mass is 16.3. The van der Waals surface area contributed by atoms with Crippen molar-refractivity contribution in [2.24, 2.45) is 5.92 Å². The van der Waals surface area contributed by atoms with Crippen LogP contribution in [0.3, 0.4) is 0 Å². The van der Waals surface area contributed by atoms with Gasteiger partial charge in [0.1, 0.15) is 0 Å². The van der Waals surface area contributed by atoms with Gasteiger partial charge in [0, 0.05) is 0 Å². The first kappa shape index (κ1) is 9.44. The molecule has 0 bridgehead atoms. The molecular weight excluding hydrogens is 124 g/mol. The quantitative estimate of drug-likeness (QED) is 0.595. The van der Waals surface area contributed by atoms with Crippen molar-refractivity contribution in [2.75, 3.05) is 6.61 Å². The molecule has 0 aromatic heterocycles. The maximum atomic E-state index is 8.66. The average molecular weight is 140 g/mol. The smallest absolute Gasteiger partial charge is 0.0639 e. The van der Waals surface area contributed by atoms with Gasteiger partial charge in [0.25, 0.3) is 0 Å². The van der Waals surface area contributed by atoms with Crippen LogP contribution in [-0.2, 0) is 0 Å². The molecule has 0 aliphatic rings. The van der Waals surface area contributed by atoms with Crippen LogP contribution in [0.25, 0.3) is 0 Å². The molecule has 0 amide bonds. The van der Waals surface area contributed by atoms with Crippen molar-refractivity contribution in [3.8, 4) is 0 Å². The number of allylic oxidation sites excluding steroid dienone is 3. The van der Waals surface area contributed by atoms with Crippen LogP contribution in [-0.4, -0.2) is 11.7 Å². The van der Waals surface area contributed by atoms with E-state index in [4.69, 9.17) is 5.11 Å². The minimum absolute atomic E-state index is 0.169. The molecule has 0 saturated carbocycles. The largest absolute Gasteiger partial charge is 0.392 e. The Balaban J connectivity index is 3.86. The van der Waals surface area contributed by atoms with E-state index in [2.05, 4.69) is 19.1 Å². The summed E-state index contributed by atoms with van der Waals surface area (Å²) in [6.07, 6.45) is 6.17. The molecular formula is C9H16O. The molecule has 1 atom stereocenters. The number of hydrogen-bond acceptors (Lipinski definition) is 1. The zero-order valence-corrected chi connectivity index (χ0v) is 6.96. The molecule has 0 heterocycles. The van der Waals surface area contributed by atoms with Crippen LogP contribution in [0.5, 0.6) is 0 Å². The van der Waals surface area contributed by atoms with Gasteiger partial charge in [0.15, 0.2) is 0 Å². The van der Waals surface area contributed by atoms with E-state index in [1.807, 2.05) is 19.9 Å². The first-order valence-corrected chi connectivity index (χ1v) is 3.61. The van der Waals surface area contributed by atoms with Gasteiger partial charge in [-0.2, -0.15) is 0 Å². The maximum Gasteiger partial charge on any atom is 0.0639 e. The number of rotatable bonds is 3. The second kappa shape index (κ2) is 5.24. The normalized spacial score (nSPS) is 16.2. The fourth-order valence-corrected chi connectivity index (χ4v) is 0.861. The summed E-state index contributed by atoms with van der Waals surface area (Å²) in [5.74, 6) is 0.442. The first-order valence-electron chi connectivity index (χ1n) is 3.61. The Labute approximate surface area is 63.1 Å². The summed E-state index contributed by atoms with van der Waals surface area (Å²) in [6.45, 7) is 6.19. The predicted octanol–water partition coefficient (Wildman–Crippen LogP) is 2.14. The van der Waals surface area contributed by atoms with E-state index in [-0.39, 0.29) is 6.61 Å². The third kappa shape index (κ3) is 4.33. The standard InChI is InChI=1S/C9H16O/c1-4-5-8(2)6-9(3)7-10/h4-6,8,10H,7H2,1-3H3/b5-4+,9-6+/t8-/m1/s1. The van der Waals surface area contributed by atoms with Gasteiger partial charge in [-0.25, -0.2) is 0 Å². The van der Waals surface area contributed by atoms with Crippen molar-refractivity contribution in [3.63, 3.8) is 0 Å². The molecule has 0 aromatic carbocycles. The first-order chi connectivity index (χ1) is 4.70. The Kier molecular flexibility index (Phi) is 4.95. The van der Waals surface area contributed by atoms with Crippen LogP contribution < -0.4 is 0 Å². The predicted molar refractivity (Wildman–Crippen MR) is 44.8 cm³/mol. The molecule has 10 heavy (non-hydrogen) atoms. The summed E-state index contributed by atoms with van der Waals surface area (Å²) in [6, 6.07) is 0. The Morgan fingerprint density at radius 2 is 2.20 bits per heavy atom. The summed E-state index contributed by atoms with van der Waals surface area (Å²) in [5.41, 5.74) is 1.03. The molecule has 0 rings (SSSR count). The van der Waals surface area contributed by atoms with Crippen molar-refractivity contribution in [1.29, 1.82) is 0 Å². The summed E-state index contributed by atoms with van der Waals surface area (Å²) in [7, 11) is 0. The Morgan fingerprint density at radius 1 is 1.60 bits per heavy atom. The van der Waals surface area contributed by atoms with Gasteiger partial charge in [-0.3, -0.25) is 0 Å². The van der Waals surface area contributed by atoms with Gasteiger partial charge in [0.05, 0.1) is 6.61 Å². The molecule has 0 unspecified atom stereocenters. The minimum atomic E-state index is 0.169. The highest BCUT2D eigenvalue weighted by Crippen LogP contribution is 2.03. The van der Waals surface area contributed by atoms with Crippen LogP contribution in [0.1, 0.15) is 20.8 Å². The van der Waals surface area contributed by atoms with Gasteiger partial charge in [-0.15, -0.1) is 0 Å². The van der Waals surface area contributed by atoms with E-state index in [1.54, 1.807) is 0 Å². The fourth-order valence-electron chi connectivity index (χ4n) is 0.861. The van der Waals surface area contributed by atoms with E-state index < -0.39 is 0 Å². The van der Waals surface area contributed by atoms with Gasteiger partial charge in [-0.1, -0.05) is 30.7 Å². The lowest BCUT2D eigenvalue weighted by Gasteiger charge is -1.99. The van der Waals surface area contributed by atoms with Crippen molar-refractivity contribution in [2.45, 2.75) is 20.8 Å². The zero-order valence-electron chi connectivity index (χ0n) is 6.96. The molecule has 58 valence electrons. The zero-order chi connectivity index (χ0) is 7.98. The second-order valence-corrected chi connectivity index (χ2v) is 2.56. The topological polar surface area (TPSA) is 20.2 Å². The summed E-state index contributed by atoms with van der Waals surface area (Å²) >= 11 is 0. The van der Waals surface area contributed by atoms with Crippen molar-refractivity contribution in [3.05, 3.63) is 23.8 Å². The van der Waals surface area contributed by atoms with Crippen molar-refractivity contribution in [1.82, 2.24) is 0 Å². The Bertz CT molecular complexity index is 134. The maximum absolute atomic E-state index is 8.66. The molecule has 0 spiro atoms. The van der Waals surface area contributed by atoms with Gasteiger partial charge in [-0.05, 0) is 19.8 Å². The number of aliphatic hydroxyl groups excluding tert-OH is 1. The molecule has 0 radical (unpaired) electrons. The second-order valence-electron chi connectivity index (χ2n) is 2.56. The van der Waals surface area contributed by atoms with Crippen LogP contribution in [0, 0.1) is 5.92 Å². The Hall–Kier alpha value is -0.560. The lowest BCUT2D eigenvalue weighted by Crippen LogP contribution is -1.89. The molecule has 1 heteroatoms. The average Bonchev–Trinajstić information content (AvgIpc) is 1.88. The van der Waals surface area contributed by atoms with Gasteiger partial charge in [0.2, 0.25) is 0 Å². The molecule has 0 saturated heterocycles. The molecule has 0 aliphatic heterocycles. The van der Waals surface area contributed by atoms with E-state index in [0.29, 0.717) is 5.92 Å². The fraction of sp³-hybridized carbons (Fsp3) is 0.556. The van der Waals surface area contributed by atoms with E-state index in [1.165, 1.54) is 0 Å². The van der Waals surface area contributed by atoms with Crippen molar-refractivity contribution >= 4 is 0 Å². The summed E-state index contributed by atoms with van der Waals surface area (Å²) in [5, 5.41) is 8.66. The third-order valence-electron chi connectivity index (χ3n) is 1.29. The van der Waals surface area contributed by atoms with Crippen LogP contribution in [0.4, 0.5) is 0 Å². The highest BCUT2D eigenvalue weighted by molar-refractivity contribution is 5.05. The molecule has 0 fully saturated rings. The highest BCUT2D eigenvalue weighted by Gasteiger charge is 1.90. The minimum Gasteiger partial charge on any atom is -0.392 e. The molecule has 0 aromatic rings. The molecule has 1 nitrogen and oxygen atoms in total. The Morgan fingerprint density at radius 3 is 2.60 bits per heavy atom. The summed E-state index contributed by atoms with van der Waals surface area (Å²) < 4.78 is 0. The van der Waals surface area contributed by atoms with E-state index >= 15 is 0 Å². The molecule has 0 aliphatic carbocycles. The van der Waals surface area contributed by atoms with Crippen molar-refractivity contribution < 1.29 is 5.11 Å². The lowest BCUT2D eigenvalue weighted by atomic mass is 10.1. The molecule has 1 N–H and O–H groups in total. The third-order valence-corrected chi connectivity index (χ3v) is 1.29. The van der Waals surface area contributed by atoms with E-state index in [0.717, 1.165) is 5.57 Å².